The number of nitro benzene ring substituents is 1. The van der Waals surface area contributed by atoms with E-state index in [2.05, 4.69) is 36.9 Å². The van der Waals surface area contributed by atoms with Crippen molar-refractivity contribution in [3.8, 4) is 5.75 Å². The first-order chi connectivity index (χ1) is 17.6. The van der Waals surface area contributed by atoms with Crippen molar-refractivity contribution >= 4 is 78.1 Å². The molecule has 0 saturated carbocycles. The Kier molecular flexibility index (Phi) is 8.10. The third-order valence-electron chi connectivity index (χ3n) is 5.14. The number of carboxylic acids is 1. The SMILES string of the molecule is CN1C(=O)C(=Cc2cc(Br)c(OCc3cccc([N+](=O)[O-])c3)c(Br)c2)SC1=Nc1cccc(C(=O)O)c1. The maximum atomic E-state index is 12.8. The molecule has 0 bridgehead atoms. The average Bonchev–Trinajstić information content (AvgIpc) is 3.11. The van der Waals surface area contributed by atoms with Gasteiger partial charge in [-0.25, -0.2) is 9.79 Å². The smallest absolute Gasteiger partial charge is 0.335 e. The number of amides is 1. The molecule has 37 heavy (non-hydrogen) atoms. The van der Waals surface area contributed by atoms with Gasteiger partial charge in [0.1, 0.15) is 12.4 Å². The van der Waals surface area contributed by atoms with E-state index in [1.165, 1.54) is 40.9 Å². The molecule has 1 amide bonds. The number of benzene rings is 3. The minimum atomic E-state index is -1.06. The van der Waals surface area contributed by atoms with Gasteiger partial charge in [0.15, 0.2) is 5.17 Å². The van der Waals surface area contributed by atoms with Crippen LogP contribution < -0.4 is 4.74 Å². The number of hydrogen-bond donors (Lipinski definition) is 1. The minimum Gasteiger partial charge on any atom is -0.487 e. The Labute approximate surface area is 232 Å². The molecule has 3 aromatic carbocycles. The number of rotatable bonds is 7. The molecule has 1 aliphatic heterocycles. The molecule has 0 spiro atoms. The predicted molar refractivity (Wildman–Crippen MR) is 148 cm³/mol. The Morgan fingerprint density at radius 2 is 1.86 bits per heavy atom. The van der Waals surface area contributed by atoms with Gasteiger partial charge in [-0.2, -0.15) is 0 Å². The van der Waals surface area contributed by atoms with Crippen LogP contribution in [0, 0.1) is 10.1 Å². The van der Waals surface area contributed by atoms with Crippen molar-refractivity contribution < 1.29 is 24.4 Å². The van der Waals surface area contributed by atoms with Gasteiger partial charge in [0.2, 0.25) is 0 Å². The van der Waals surface area contributed by atoms with E-state index in [0.717, 1.165) is 5.56 Å². The number of ether oxygens (including phenoxy) is 1. The standard InChI is InChI=1S/C25H17Br2N3O6S/c1-29-23(31)21(37-25(29)28-17-6-3-5-16(12-17)24(32)33)11-15-9-19(26)22(20(27)10-15)36-13-14-4-2-7-18(8-14)30(34)35/h2-12H,13H2,1H3,(H,32,33). The summed E-state index contributed by atoms with van der Waals surface area (Å²) in [5.74, 6) is -0.784. The molecule has 9 nitrogen and oxygen atoms in total. The zero-order valence-electron chi connectivity index (χ0n) is 19.1. The summed E-state index contributed by atoms with van der Waals surface area (Å²) in [6, 6.07) is 16.0. The number of nitro groups is 1. The number of hydrogen-bond acceptors (Lipinski definition) is 7. The third kappa shape index (κ3) is 6.27. The molecular formula is C25H17Br2N3O6S. The number of nitrogens with zero attached hydrogens (tertiary/aromatic N) is 3. The fourth-order valence-corrected chi connectivity index (χ4v) is 5.78. The van der Waals surface area contributed by atoms with Gasteiger partial charge in [0.25, 0.3) is 11.6 Å². The van der Waals surface area contributed by atoms with Crippen molar-refractivity contribution in [1.29, 1.82) is 0 Å². The van der Waals surface area contributed by atoms with Crippen LogP contribution in [0.25, 0.3) is 6.08 Å². The van der Waals surface area contributed by atoms with Crippen LogP contribution in [0.2, 0.25) is 0 Å². The zero-order chi connectivity index (χ0) is 26.7. The highest BCUT2D eigenvalue weighted by Gasteiger charge is 2.30. The molecule has 1 N–H and O–H groups in total. The number of amidine groups is 1. The summed E-state index contributed by atoms with van der Waals surface area (Å²) in [6.45, 7) is 0.126. The maximum Gasteiger partial charge on any atom is 0.335 e. The number of carbonyl (C=O) groups is 2. The Bertz CT molecular complexity index is 1470. The molecule has 4 rings (SSSR count). The van der Waals surface area contributed by atoms with Crippen LogP contribution >= 0.6 is 43.6 Å². The predicted octanol–water partition coefficient (Wildman–Crippen LogP) is 6.63. The second-order valence-corrected chi connectivity index (χ2v) is 10.5. The van der Waals surface area contributed by atoms with Gasteiger partial charge >= 0.3 is 5.97 Å². The van der Waals surface area contributed by atoms with Gasteiger partial charge in [-0.05, 0) is 91.2 Å². The second-order valence-electron chi connectivity index (χ2n) is 7.75. The molecule has 0 aliphatic carbocycles. The lowest BCUT2D eigenvalue weighted by Gasteiger charge is -2.11. The van der Waals surface area contributed by atoms with Crippen molar-refractivity contribution in [2.45, 2.75) is 6.61 Å². The maximum absolute atomic E-state index is 12.8. The van der Waals surface area contributed by atoms with E-state index in [4.69, 9.17) is 4.74 Å². The summed E-state index contributed by atoms with van der Waals surface area (Å²) >= 11 is 8.17. The first-order valence-electron chi connectivity index (χ1n) is 10.6. The summed E-state index contributed by atoms with van der Waals surface area (Å²) in [7, 11) is 1.60. The Morgan fingerprint density at radius 3 is 2.54 bits per heavy atom. The Morgan fingerprint density at radius 1 is 1.16 bits per heavy atom. The highest BCUT2D eigenvalue weighted by molar-refractivity contribution is 9.11. The lowest BCUT2D eigenvalue weighted by molar-refractivity contribution is -0.384. The first kappa shape index (κ1) is 26.6. The molecule has 1 fully saturated rings. The van der Waals surface area contributed by atoms with Crippen molar-refractivity contribution in [1.82, 2.24) is 4.90 Å². The number of halogens is 2. The van der Waals surface area contributed by atoms with Crippen LogP contribution in [0.3, 0.4) is 0 Å². The number of carboxylic acid groups (broad SMARTS) is 1. The monoisotopic (exact) mass is 645 g/mol. The summed E-state index contributed by atoms with van der Waals surface area (Å²) < 4.78 is 7.14. The van der Waals surface area contributed by atoms with Crippen LogP contribution in [-0.4, -0.2) is 39.0 Å². The van der Waals surface area contributed by atoms with E-state index < -0.39 is 10.9 Å². The highest BCUT2D eigenvalue weighted by atomic mass is 79.9. The van der Waals surface area contributed by atoms with Gasteiger partial charge in [-0.3, -0.25) is 19.8 Å². The third-order valence-corrected chi connectivity index (χ3v) is 7.38. The van der Waals surface area contributed by atoms with E-state index >= 15 is 0 Å². The lowest BCUT2D eigenvalue weighted by atomic mass is 10.2. The molecule has 0 unspecified atom stereocenters. The van der Waals surface area contributed by atoms with Gasteiger partial charge in [0.05, 0.1) is 30.0 Å². The van der Waals surface area contributed by atoms with Crippen LogP contribution in [-0.2, 0) is 11.4 Å². The first-order valence-corrected chi connectivity index (χ1v) is 13.0. The number of non-ortho nitro benzene ring substituents is 1. The van der Waals surface area contributed by atoms with Crippen molar-refractivity contribution in [3.63, 3.8) is 0 Å². The Balaban J connectivity index is 1.53. The quantitative estimate of drug-likeness (QED) is 0.174. The van der Waals surface area contributed by atoms with Crippen molar-refractivity contribution in [2.75, 3.05) is 7.05 Å². The van der Waals surface area contributed by atoms with Crippen LogP contribution in [0.4, 0.5) is 11.4 Å². The van der Waals surface area contributed by atoms with Gasteiger partial charge < -0.3 is 9.84 Å². The number of aromatic carboxylic acids is 1. The molecule has 0 radical (unpaired) electrons. The molecular weight excluding hydrogens is 630 g/mol. The molecule has 0 atom stereocenters. The minimum absolute atomic E-state index is 0.0117. The fourth-order valence-electron chi connectivity index (χ4n) is 3.34. The fraction of sp³-hybridized carbons (Fsp3) is 0.0800. The summed E-state index contributed by atoms with van der Waals surface area (Å²) in [6.07, 6.45) is 1.72. The number of aliphatic imine (C=N–C) groups is 1. The molecule has 188 valence electrons. The van der Waals surface area contributed by atoms with Crippen LogP contribution in [0.1, 0.15) is 21.5 Å². The van der Waals surface area contributed by atoms with E-state index in [-0.39, 0.29) is 23.8 Å². The number of carbonyl (C=O) groups excluding carboxylic acids is 1. The van der Waals surface area contributed by atoms with Crippen molar-refractivity contribution in [2.24, 2.45) is 4.99 Å². The van der Waals surface area contributed by atoms with Crippen molar-refractivity contribution in [3.05, 3.63) is 101 Å². The molecule has 1 saturated heterocycles. The Hall–Kier alpha value is -3.48. The van der Waals surface area contributed by atoms with E-state index in [9.17, 15) is 24.8 Å². The van der Waals surface area contributed by atoms with Gasteiger partial charge in [-0.15, -0.1) is 0 Å². The zero-order valence-corrected chi connectivity index (χ0v) is 23.0. The van der Waals surface area contributed by atoms with Gasteiger partial charge in [-0.1, -0.05) is 18.2 Å². The van der Waals surface area contributed by atoms with E-state index in [1.54, 1.807) is 49.5 Å². The summed E-state index contributed by atoms with van der Waals surface area (Å²) in [5, 5.41) is 20.6. The normalized spacial score (nSPS) is 15.4. The van der Waals surface area contributed by atoms with E-state index in [0.29, 0.717) is 36.0 Å². The molecule has 1 heterocycles. The van der Waals surface area contributed by atoms with Gasteiger partial charge in [0, 0.05) is 19.2 Å². The number of thioether (sulfide) groups is 1. The van der Waals surface area contributed by atoms with E-state index in [1.807, 2.05) is 0 Å². The molecule has 0 aromatic heterocycles. The summed E-state index contributed by atoms with van der Waals surface area (Å²) in [5.41, 5.74) is 1.90. The van der Waals surface area contributed by atoms with Crippen LogP contribution in [0.5, 0.6) is 5.75 Å². The second kappa shape index (κ2) is 11.3. The molecule has 12 heteroatoms. The summed E-state index contributed by atoms with van der Waals surface area (Å²) in [4.78, 5) is 40.9. The molecule has 1 aliphatic rings. The number of likely N-dealkylation sites (N-methyl/N-ethyl adjacent to an activating group) is 1. The van der Waals surface area contributed by atoms with Crippen LogP contribution in [0.15, 0.2) is 79.5 Å². The topological polar surface area (TPSA) is 122 Å². The molecule has 3 aromatic rings. The largest absolute Gasteiger partial charge is 0.487 e. The highest BCUT2D eigenvalue weighted by Crippen LogP contribution is 2.38. The average molecular weight is 647 g/mol. The lowest BCUT2D eigenvalue weighted by Crippen LogP contribution is -2.23.